The van der Waals surface area contributed by atoms with Crippen LogP contribution in [0.3, 0.4) is 0 Å². The molecule has 0 saturated carbocycles. The van der Waals surface area contributed by atoms with E-state index < -0.39 is 0 Å². The van der Waals surface area contributed by atoms with Crippen molar-refractivity contribution in [2.45, 2.75) is 26.4 Å². The average molecular weight is 262 g/mol. The first-order chi connectivity index (χ1) is 9.15. The molecule has 2 amide bonds. The Balaban J connectivity index is 1.78. The number of pyridine rings is 1. The molecule has 1 aromatic rings. The Bertz CT molecular complexity index is 399. The topological polar surface area (TPSA) is 48.5 Å². The number of nitrogens with zero attached hydrogens (tertiary/aromatic N) is 3. The molecule has 5 nitrogen and oxygen atoms in total. The minimum Gasteiger partial charge on any atom is -0.336 e. The van der Waals surface area contributed by atoms with Crippen LogP contribution >= 0.6 is 0 Å². The van der Waals surface area contributed by atoms with Crippen molar-refractivity contribution in [1.29, 1.82) is 0 Å². The molecule has 2 rings (SSSR count). The van der Waals surface area contributed by atoms with Crippen molar-refractivity contribution in [2.75, 3.05) is 26.2 Å². The molecule has 104 valence electrons. The molecule has 1 aromatic heterocycles. The summed E-state index contributed by atoms with van der Waals surface area (Å²) in [6.07, 6.45) is 3.69. The maximum Gasteiger partial charge on any atom is 0.317 e. The molecule has 0 radical (unpaired) electrons. The molecular weight excluding hydrogens is 240 g/mol. The normalized spacial score (nSPS) is 16.7. The molecule has 0 unspecified atom stereocenters. The van der Waals surface area contributed by atoms with E-state index in [4.69, 9.17) is 0 Å². The summed E-state index contributed by atoms with van der Waals surface area (Å²) in [5, 5.41) is 2.94. The molecule has 1 N–H and O–H groups in total. The average Bonchev–Trinajstić information content (AvgIpc) is 2.40. The SMILES string of the molecule is CC(C)NC(=O)N1CCN(Cc2cccnc2)CC1. The van der Waals surface area contributed by atoms with E-state index in [2.05, 4.69) is 21.3 Å². The molecule has 0 aromatic carbocycles. The standard InChI is InChI=1S/C14H22N4O/c1-12(2)16-14(19)18-8-6-17(7-9-18)11-13-4-3-5-15-10-13/h3-5,10,12H,6-9,11H2,1-2H3,(H,16,19). The second-order valence-corrected chi connectivity index (χ2v) is 5.23. The molecule has 1 aliphatic rings. The summed E-state index contributed by atoms with van der Waals surface area (Å²) < 4.78 is 0. The van der Waals surface area contributed by atoms with Gasteiger partial charge in [-0.05, 0) is 25.5 Å². The Labute approximate surface area is 114 Å². The summed E-state index contributed by atoms with van der Waals surface area (Å²) in [5.41, 5.74) is 1.22. The lowest BCUT2D eigenvalue weighted by Crippen LogP contribution is -2.52. The third kappa shape index (κ3) is 4.21. The lowest BCUT2D eigenvalue weighted by Gasteiger charge is -2.35. The van der Waals surface area contributed by atoms with Crippen molar-refractivity contribution in [3.63, 3.8) is 0 Å². The molecule has 1 aliphatic heterocycles. The maximum atomic E-state index is 11.9. The van der Waals surface area contributed by atoms with E-state index in [9.17, 15) is 4.79 Å². The smallest absolute Gasteiger partial charge is 0.317 e. The van der Waals surface area contributed by atoms with Gasteiger partial charge < -0.3 is 10.2 Å². The number of aromatic nitrogens is 1. The second kappa shape index (κ2) is 6.52. The van der Waals surface area contributed by atoms with Gasteiger partial charge in [0, 0.05) is 51.2 Å². The molecule has 5 heteroatoms. The van der Waals surface area contributed by atoms with Crippen LogP contribution < -0.4 is 5.32 Å². The van der Waals surface area contributed by atoms with Crippen LogP contribution in [0.2, 0.25) is 0 Å². The lowest BCUT2D eigenvalue weighted by atomic mass is 10.2. The van der Waals surface area contributed by atoms with Gasteiger partial charge in [-0.15, -0.1) is 0 Å². The first-order valence-electron chi connectivity index (χ1n) is 6.82. The van der Waals surface area contributed by atoms with Gasteiger partial charge in [0.1, 0.15) is 0 Å². The fourth-order valence-corrected chi connectivity index (χ4v) is 2.20. The number of hydrogen-bond acceptors (Lipinski definition) is 3. The van der Waals surface area contributed by atoms with Crippen molar-refractivity contribution in [3.05, 3.63) is 30.1 Å². The zero-order valence-corrected chi connectivity index (χ0v) is 11.7. The van der Waals surface area contributed by atoms with Gasteiger partial charge in [-0.25, -0.2) is 4.79 Å². The minimum atomic E-state index is 0.0519. The Hall–Kier alpha value is -1.62. The minimum absolute atomic E-state index is 0.0519. The van der Waals surface area contributed by atoms with Gasteiger partial charge in [-0.3, -0.25) is 9.88 Å². The first-order valence-corrected chi connectivity index (χ1v) is 6.82. The highest BCUT2D eigenvalue weighted by Gasteiger charge is 2.21. The van der Waals surface area contributed by atoms with Crippen LogP contribution in [-0.4, -0.2) is 53.0 Å². The Kier molecular flexibility index (Phi) is 4.74. The van der Waals surface area contributed by atoms with Gasteiger partial charge in [0.25, 0.3) is 0 Å². The molecule has 0 spiro atoms. The van der Waals surface area contributed by atoms with Gasteiger partial charge in [0.2, 0.25) is 0 Å². The van der Waals surface area contributed by atoms with Gasteiger partial charge in [0.05, 0.1) is 0 Å². The Morgan fingerprint density at radius 1 is 1.37 bits per heavy atom. The van der Waals surface area contributed by atoms with Crippen LogP contribution in [0.25, 0.3) is 0 Å². The Morgan fingerprint density at radius 2 is 2.11 bits per heavy atom. The molecule has 2 heterocycles. The van der Waals surface area contributed by atoms with E-state index >= 15 is 0 Å². The van der Waals surface area contributed by atoms with Crippen LogP contribution in [0.1, 0.15) is 19.4 Å². The highest BCUT2D eigenvalue weighted by Crippen LogP contribution is 2.07. The predicted octanol–water partition coefficient (Wildman–Crippen LogP) is 1.32. The van der Waals surface area contributed by atoms with E-state index in [1.54, 1.807) is 6.20 Å². The molecule has 1 saturated heterocycles. The molecule has 1 fully saturated rings. The summed E-state index contributed by atoms with van der Waals surface area (Å²) in [7, 11) is 0. The van der Waals surface area contributed by atoms with E-state index in [1.165, 1.54) is 5.56 Å². The number of rotatable bonds is 3. The monoisotopic (exact) mass is 262 g/mol. The number of carbonyl (C=O) groups is 1. The van der Waals surface area contributed by atoms with E-state index in [1.807, 2.05) is 31.0 Å². The highest BCUT2D eigenvalue weighted by molar-refractivity contribution is 5.74. The van der Waals surface area contributed by atoms with Crippen molar-refractivity contribution >= 4 is 6.03 Å². The van der Waals surface area contributed by atoms with Crippen LogP contribution in [0, 0.1) is 0 Å². The number of nitrogens with one attached hydrogen (secondary N) is 1. The van der Waals surface area contributed by atoms with Crippen molar-refractivity contribution in [2.24, 2.45) is 0 Å². The third-order valence-corrected chi connectivity index (χ3v) is 3.20. The summed E-state index contributed by atoms with van der Waals surface area (Å²) in [6, 6.07) is 4.30. The van der Waals surface area contributed by atoms with Gasteiger partial charge >= 0.3 is 6.03 Å². The summed E-state index contributed by atoms with van der Waals surface area (Å²) in [6.45, 7) is 8.29. The number of piperazine rings is 1. The van der Waals surface area contributed by atoms with Crippen molar-refractivity contribution in [1.82, 2.24) is 20.1 Å². The predicted molar refractivity (Wildman–Crippen MR) is 74.8 cm³/mol. The van der Waals surface area contributed by atoms with Crippen LogP contribution in [0.5, 0.6) is 0 Å². The van der Waals surface area contributed by atoms with E-state index in [0.717, 1.165) is 32.7 Å². The molecular formula is C14H22N4O. The molecule has 0 atom stereocenters. The summed E-state index contributed by atoms with van der Waals surface area (Å²) in [5.74, 6) is 0. The van der Waals surface area contributed by atoms with Crippen molar-refractivity contribution in [3.8, 4) is 0 Å². The summed E-state index contributed by atoms with van der Waals surface area (Å²) >= 11 is 0. The summed E-state index contributed by atoms with van der Waals surface area (Å²) in [4.78, 5) is 20.2. The largest absolute Gasteiger partial charge is 0.336 e. The maximum absolute atomic E-state index is 11.9. The van der Waals surface area contributed by atoms with Crippen LogP contribution in [0.15, 0.2) is 24.5 Å². The van der Waals surface area contributed by atoms with Crippen LogP contribution in [-0.2, 0) is 6.54 Å². The zero-order valence-electron chi connectivity index (χ0n) is 11.7. The fourth-order valence-electron chi connectivity index (χ4n) is 2.20. The molecule has 19 heavy (non-hydrogen) atoms. The molecule has 0 aliphatic carbocycles. The van der Waals surface area contributed by atoms with Gasteiger partial charge in [-0.2, -0.15) is 0 Å². The highest BCUT2D eigenvalue weighted by atomic mass is 16.2. The Morgan fingerprint density at radius 3 is 2.68 bits per heavy atom. The number of hydrogen-bond donors (Lipinski definition) is 1. The lowest BCUT2D eigenvalue weighted by molar-refractivity contribution is 0.134. The second-order valence-electron chi connectivity index (χ2n) is 5.23. The van der Waals surface area contributed by atoms with Crippen molar-refractivity contribution < 1.29 is 4.79 Å². The van der Waals surface area contributed by atoms with Gasteiger partial charge in [-0.1, -0.05) is 6.07 Å². The van der Waals surface area contributed by atoms with E-state index in [-0.39, 0.29) is 12.1 Å². The first kappa shape index (κ1) is 13.8. The molecule has 0 bridgehead atoms. The number of urea groups is 1. The quantitative estimate of drug-likeness (QED) is 0.893. The fraction of sp³-hybridized carbons (Fsp3) is 0.571. The van der Waals surface area contributed by atoms with E-state index in [0.29, 0.717) is 0 Å². The zero-order chi connectivity index (χ0) is 13.7. The number of amides is 2. The third-order valence-electron chi connectivity index (χ3n) is 3.20. The van der Waals surface area contributed by atoms with Gasteiger partial charge in [0.15, 0.2) is 0 Å². The number of carbonyl (C=O) groups excluding carboxylic acids is 1. The van der Waals surface area contributed by atoms with Crippen LogP contribution in [0.4, 0.5) is 4.79 Å².